The Kier molecular flexibility index (Phi) is 13.4. The van der Waals surface area contributed by atoms with Crippen LogP contribution in [0, 0.1) is 13.8 Å². The van der Waals surface area contributed by atoms with Crippen molar-refractivity contribution in [3.63, 3.8) is 0 Å². The number of hydrogen-bond acceptors (Lipinski definition) is 8. The summed E-state index contributed by atoms with van der Waals surface area (Å²) in [6.45, 7) is 13.6. The minimum atomic E-state index is -0.544. The smallest absolute Gasteiger partial charge is 0.305 e. The Balaban J connectivity index is 2.02. The van der Waals surface area contributed by atoms with Gasteiger partial charge in [-0.3, -0.25) is 9.59 Å². The summed E-state index contributed by atoms with van der Waals surface area (Å²) in [5.41, 5.74) is 2.13. The lowest BCUT2D eigenvalue weighted by Crippen LogP contribution is -2.30. The molecule has 0 heterocycles. The molecule has 0 aliphatic rings. The molecule has 0 aliphatic heterocycles. The van der Waals surface area contributed by atoms with E-state index in [0.29, 0.717) is 24.7 Å². The van der Waals surface area contributed by atoms with Gasteiger partial charge in [-0.05, 0) is 38.8 Å². The summed E-state index contributed by atoms with van der Waals surface area (Å²) in [4.78, 5) is 24.2. The van der Waals surface area contributed by atoms with E-state index >= 15 is 0 Å². The van der Waals surface area contributed by atoms with E-state index in [1.165, 1.54) is 0 Å². The van der Waals surface area contributed by atoms with Crippen molar-refractivity contribution in [2.45, 2.75) is 79.4 Å². The van der Waals surface area contributed by atoms with Gasteiger partial charge in [0.05, 0.1) is 13.2 Å². The second kappa shape index (κ2) is 16.9. The van der Waals surface area contributed by atoms with E-state index in [0.717, 1.165) is 45.5 Å². The largest absolute Gasteiger partial charge is 0.488 e. The molecule has 3 rings (SSSR count). The highest BCUT2D eigenvalue weighted by Gasteiger charge is 2.22. The molecule has 2 unspecified atom stereocenters. The van der Waals surface area contributed by atoms with Crippen LogP contribution in [0.15, 0.2) is 36.4 Å². The van der Waals surface area contributed by atoms with Crippen LogP contribution in [-0.4, -0.2) is 63.8 Å². The Bertz CT molecular complexity index is 1220. The first-order chi connectivity index (χ1) is 20.3. The summed E-state index contributed by atoms with van der Waals surface area (Å²) in [7, 11) is 0. The summed E-state index contributed by atoms with van der Waals surface area (Å²) < 4.78 is 35.6. The fourth-order valence-electron chi connectivity index (χ4n) is 4.53. The molecule has 0 saturated heterocycles. The Hall–Kier alpha value is -3.36. The first-order valence-corrected chi connectivity index (χ1v) is 15.1. The van der Waals surface area contributed by atoms with Gasteiger partial charge in [0, 0.05) is 47.6 Å². The van der Waals surface area contributed by atoms with Gasteiger partial charge < -0.3 is 28.4 Å². The average Bonchev–Trinajstić information content (AvgIpc) is 2.98. The third-order valence-electron chi connectivity index (χ3n) is 6.63. The quantitative estimate of drug-likeness (QED) is 0.0913. The molecule has 3 aromatic carbocycles. The van der Waals surface area contributed by atoms with Gasteiger partial charge in [-0.15, -0.1) is 0 Å². The highest BCUT2D eigenvalue weighted by Crippen LogP contribution is 2.43. The maximum Gasteiger partial charge on any atom is 0.305 e. The van der Waals surface area contributed by atoms with E-state index < -0.39 is 12.2 Å². The molecule has 0 saturated carbocycles. The van der Waals surface area contributed by atoms with Gasteiger partial charge in [-0.1, -0.05) is 63.1 Å². The van der Waals surface area contributed by atoms with Crippen molar-refractivity contribution in [2.24, 2.45) is 0 Å². The Morgan fingerprint density at radius 2 is 1.00 bits per heavy atom. The standard InChI is InChI=1S/C34H46O8/c1-7-15-37-19-25(41-31(35)9-3)21-39-33-27-13-11-24(6)18-30(27)34(28-14-12-23(5)17-29(28)33)40-22-26(20-38-16-8-2)42-32(36)10-4/h11-14,17-18,25-26H,7-10,15-16,19-22H2,1-6H3. The molecule has 8 nitrogen and oxygen atoms in total. The van der Waals surface area contributed by atoms with Gasteiger partial charge in [0.25, 0.3) is 0 Å². The molecule has 42 heavy (non-hydrogen) atoms. The Morgan fingerprint density at radius 3 is 1.36 bits per heavy atom. The summed E-state index contributed by atoms with van der Waals surface area (Å²) in [6.07, 6.45) is 1.20. The van der Waals surface area contributed by atoms with Gasteiger partial charge in [-0.2, -0.15) is 0 Å². The van der Waals surface area contributed by atoms with E-state index in [1.807, 2.05) is 52.0 Å². The molecule has 0 aromatic heterocycles. The van der Waals surface area contributed by atoms with Gasteiger partial charge >= 0.3 is 11.9 Å². The highest BCUT2D eigenvalue weighted by atomic mass is 16.6. The lowest BCUT2D eigenvalue weighted by molar-refractivity contribution is -0.154. The van der Waals surface area contributed by atoms with Crippen molar-refractivity contribution >= 4 is 33.5 Å². The van der Waals surface area contributed by atoms with Crippen molar-refractivity contribution in [3.05, 3.63) is 47.5 Å². The number of aryl methyl sites for hydroxylation is 2. The van der Waals surface area contributed by atoms with Crippen molar-refractivity contribution in [2.75, 3.05) is 39.6 Å². The molecule has 8 heteroatoms. The molecule has 0 spiro atoms. The van der Waals surface area contributed by atoms with Crippen LogP contribution < -0.4 is 9.47 Å². The van der Waals surface area contributed by atoms with Crippen LogP contribution in [0.4, 0.5) is 0 Å². The van der Waals surface area contributed by atoms with Crippen molar-refractivity contribution in [3.8, 4) is 11.5 Å². The number of carbonyl (C=O) groups is 2. The van der Waals surface area contributed by atoms with Crippen LogP contribution in [-0.2, 0) is 28.5 Å². The van der Waals surface area contributed by atoms with E-state index in [4.69, 9.17) is 28.4 Å². The van der Waals surface area contributed by atoms with Gasteiger partial charge in [0.1, 0.15) is 24.7 Å². The van der Waals surface area contributed by atoms with E-state index in [9.17, 15) is 9.59 Å². The number of carbonyl (C=O) groups excluding carboxylic acids is 2. The first-order valence-electron chi connectivity index (χ1n) is 15.1. The summed E-state index contributed by atoms with van der Waals surface area (Å²) in [5, 5.41) is 3.49. The molecule has 0 radical (unpaired) electrons. The van der Waals surface area contributed by atoms with Crippen LogP contribution in [0.2, 0.25) is 0 Å². The number of hydrogen-bond donors (Lipinski definition) is 0. The lowest BCUT2D eigenvalue weighted by atomic mass is 9.97. The molecular formula is C34H46O8. The third kappa shape index (κ3) is 9.33. The molecule has 0 fully saturated rings. The third-order valence-corrected chi connectivity index (χ3v) is 6.63. The second-order valence-electron chi connectivity index (χ2n) is 10.5. The molecule has 3 aromatic rings. The summed E-state index contributed by atoms with van der Waals surface area (Å²) in [6, 6.07) is 12.2. The van der Waals surface area contributed by atoms with Crippen LogP contribution in [0.1, 0.15) is 64.5 Å². The van der Waals surface area contributed by atoms with Gasteiger partial charge in [-0.25, -0.2) is 0 Å². The van der Waals surface area contributed by atoms with E-state index in [2.05, 4.69) is 12.1 Å². The zero-order chi connectivity index (χ0) is 30.5. The molecule has 230 valence electrons. The van der Waals surface area contributed by atoms with Crippen LogP contribution in [0.5, 0.6) is 11.5 Å². The van der Waals surface area contributed by atoms with Gasteiger partial charge in [0.2, 0.25) is 0 Å². The molecule has 0 amide bonds. The molecule has 0 bridgehead atoms. The van der Waals surface area contributed by atoms with Crippen molar-refractivity contribution in [1.82, 2.24) is 0 Å². The number of esters is 2. The predicted octanol–water partition coefficient (Wildman–Crippen LogP) is 6.86. The van der Waals surface area contributed by atoms with E-state index in [-0.39, 0.29) is 51.2 Å². The SMILES string of the molecule is CCCOCC(COc1c2ccc(C)cc2c(OCC(COCCC)OC(=O)CC)c2ccc(C)cc12)OC(=O)CC. The first kappa shape index (κ1) is 33.1. The summed E-state index contributed by atoms with van der Waals surface area (Å²) >= 11 is 0. The number of ether oxygens (including phenoxy) is 6. The number of benzene rings is 3. The minimum absolute atomic E-state index is 0.144. The maximum atomic E-state index is 12.1. The molecule has 0 N–H and O–H groups in total. The normalized spacial score (nSPS) is 12.7. The second-order valence-corrected chi connectivity index (χ2v) is 10.5. The predicted molar refractivity (Wildman–Crippen MR) is 164 cm³/mol. The minimum Gasteiger partial charge on any atom is -0.488 e. The van der Waals surface area contributed by atoms with Crippen LogP contribution in [0.3, 0.4) is 0 Å². The zero-order valence-electron chi connectivity index (χ0n) is 26.0. The average molecular weight is 583 g/mol. The zero-order valence-corrected chi connectivity index (χ0v) is 26.0. The molecule has 0 aliphatic carbocycles. The van der Waals surface area contributed by atoms with Gasteiger partial charge in [0.15, 0.2) is 12.2 Å². The van der Waals surface area contributed by atoms with Crippen LogP contribution >= 0.6 is 0 Å². The molecule has 2 atom stereocenters. The Morgan fingerprint density at radius 1 is 0.595 bits per heavy atom. The van der Waals surface area contributed by atoms with Crippen LogP contribution in [0.25, 0.3) is 21.5 Å². The fraction of sp³-hybridized carbons (Fsp3) is 0.529. The van der Waals surface area contributed by atoms with Crippen molar-refractivity contribution in [1.29, 1.82) is 0 Å². The fourth-order valence-corrected chi connectivity index (χ4v) is 4.53. The summed E-state index contributed by atoms with van der Waals surface area (Å²) in [5.74, 6) is 0.776. The lowest BCUT2D eigenvalue weighted by Gasteiger charge is -2.23. The molecular weight excluding hydrogens is 536 g/mol. The van der Waals surface area contributed by atoms with E-state index in [1.54, 1.807) is 13.8 Å². The monoisotopic (exact) mass is 582 g/mol. The van der Waals surface area contributed by atoms with Crippen molar-refractivity contribution < 1.29 is 38.0 Å². The number of rotatable bonds is 18. The topological polar surface area (TPSA) is 89.5 Å². The maximum absolute atomic E-state index is 12.1. The highest BCUT2D eigenvalue weighted by molar-refractivity contribution is 6.11. The number of fused-ring (bicyclic) bond motifs is 2. The Labute approximate surface area is 249 Å².